The highest BCUT2D eigenvalue weighted by atomic mass is 19.1. The summed E-state index contributed by atoms with van der Waals surface area (Å²) < 4.78 is 15.4. The number of primary amides is 1. The second-order valence-corrected chi connectivity index (χ2v) is 5.53. The van der Waals surface area contributed by atoms with Crippen molar-refractivity contribution in [3.8, 4) is 0 Å². The number of rotatable bonds is 3. The summed E-state index contributed by atoms with van der Waals surface area (Å²) in [7, 11) is 0. The molecule has 0 spiro atoms. The Labute approximate surface area is 122 Å². The lowest BCUT2D eigenvalue weighted by Crippen LogP contribution is -2.34. The van der Waals surface area contributed by atoms with Crippen LogP contribution in [0.4, 0.5) is 4.39 Å². The maximum atomic E-state index is 13.6. The molecule has 2 aromatic rings. The van der Waals surface area contributed by atoms with Crippen molar-refractivity contribution in [2.75, 3.05) is 19.6 Å². The van der Waals surface area contributed by atoms with Gasteiger partial charge in [0.15, 0.2) is 0 Å². The number of carbonyl (C=O) groups is 1. The number of fused-ring (bicyclic) bond motifs is 1. The largest absolute Gasteiger partial charge is 0.366 e. The van der Waals surface area contributed by atoms with E-state index in [4.69, 9.17) is 5.73 Å². The number of amides is 1. The normalized spacial score (nSPS) is 17.4. The molecule has 1 fully saturated rings. The molecule has 0 radical (unpaired) electrons. The van der Waals surface area contributed by atoms with E-state index in [2.05, 4.69) is 16.9 Å². The molecule has 1 aliphatic heterocycles. The Kier molecular flexibility index (Phi) is 3.63. The highest BCUT2D eigenvalue weighted by Crippen LogP contribution is 2.26. The van der Waals surface area contributed by atoms with E-state index >= 15 is 0 Å². The molecule has 1 saturated heterocycles. The van der Waals surface area contributed by atoms with Gasteiger partial charge in [0.2, 0.25) is 0 Å². The monoisotopic (exact) mass is 290 g/mol. The third kappa shape index (κ3) is 2.63. The van der Waals surface area contributed by atoms with Gasteiger partial charge in [0.25, 0.3) is 5.91 Å². The highest BCUT2D eigenvalue weighted by molar-refractivity contribution is 6.04. The van der Waals surface area contributed by atoms with E-state index in [1.54, 1.807) is 0 Å². The molecule has 1 amide bonds. The lowest BCUT2D eigenvalue weighted by molar-refractivity contribution is 0.100. The fraction of sp³-hybridized carbons (Fsp3) is 0.467. The van der Waals surface area contributed by atoms with Crippen molar-refractivity contribution in [2.24, 2.45) is 5.73 Å². The maximum Gasteiger partial charge on any atom is 0.251 e. The highest BCUT2D eigenvalue weighted by Gasteiger charge is 2.21. The molecule has 3 rings (SSSR count). The Balaban J connectivity index is 1.94. The minimum atomic E-state index is -0.648. The number of nitrogens with zero attached hydrogens (tertiary/aromatic N) is 3. The van der Waals surface area contributed by atoms with Crippen LogP contribution in [-0.4, -0.2) is 40.2 Å². The molecule has 1 aromatic carbocycles. The van der Waals surface area contributed by atoms with E-state index < -0.39 is 11.7 Å². The number of likely N-dealkylation sites (tertiary alicyclic amines) is 1. The predicted octanol–water partition coefficient (Wildman–Crippen LogP) is 1.93. The maximum absolute atomic E-state index is 13.6. The Morgan fingerprint density at radius 1 is 1.43 bits per heavy atom. The summed E-state index contributed by atoms with van der Waals surface area (Å²) in [6.07, 6.45) is 3.84. The second kappa shape index (κ2) is 5.44. The number of halogens is 1. The summed E-state index contributed by atoms with van der Waals surface area (Å²) >= 11 is 0. The molecule has 0 bridgehead atoms. The fourth-order valence-corrected chi connectivity index (χ4v) is 2.99. The number of benzene rings is 1. The van der Waals surface area contributed by atoms with E-state index in [0.29, 0.717) is 16.9 Å². The molecule has 2 heterocycles. The molecule has 112 valence electrons. The molecule has 1 aliphatic rings. The first kappa shape index (κ1) is 14.0. The lowest BCUT2D eigenvalue weighted by atomic mass is 10.1. The molecule has 0 unspecified atom stereocenters. The number of hydrogen-bond acceptors (Lipinski definition) is 3. The first-order chi connectivity index (χ1) is 10.1. The number of hydrogen-bond donors (Lipinski definition) is 1. The molecule has 2 N–H and O–H groups in total. The van der Waals surface area contributed by atoms with E-state index in [0.717, 1.165) is 38.5 Å². The quantitative estimate of drug-likeness (QED) is 0.939. The van der Waals surface area contributed by atoms with Crippen LogP contribution in [0.5, 0.6) is 0 Å². The number of aromatic nitrogens is 2. The number of piperidine rings is 1. The molecular formula is C15H19FN4O. The molecule has 1 aromatic heterocycles. The van der Waals surface area contributed by atoms with Crippen molar-refractivity contribution in [3.63, 3.8) is 0 Å². The molecule has 21 heavy (non-hydrogen) atoms. The first-order valence-corrected chi connectivity index (χ1v) is 7.29. The van der Waals surface area contributed by atoms with Crippen molar-refractivity contribution in [3.05, 3.63) is 29.7 Å². The van der Waals surface area contributed by atoms with Crippen LogP contribution in [0.3, 0.4) is 0 Å². The van der Waals surface area contributed by atoms with Gasteiger partial charge < -0.3 is 10.6 Å². The van der Waals surface area contributed by atoms with Crippen LogP contribution in [-0.2, 0) is 0 Å². The number of carbonyl (C=O) groups excluding carboxylic acids is 1. The zero-order chi connectivity index (χ0) is 15.0. The van der Waals surface area contributed by atoms with Gasteiger partial charge in [0.1, 0.15) is 11.3 Å². The Morgan fingerprint density at radius 2 is 2.14 bits per heavy atom. The second-order valence-electron chi connectivity index (χ2n) is 5.53. The van der Waals surface area contributed by atoms with Crippen LogP contribution in [0.15, 0.2) is 18.3 Å². The molecule has 0 aliphatic carbocycles. The molecule has 5 nitrogen and oxygen atoms in total. The van der Waals surface area contributed by atoms with Gasteiger partial charge in [-0.2, -0.15) is 5.10 Å². The van der Waals surface area contributed by atoms with Gasteiger partial charge >= 0.3 is 0 Å². The summed E-state index contributed by atoms with van der Waals surface area (Å²) in [5.74, 6) is -1.11. The summed E-state index contributed by atoms with van der Waals surface area (Å²) in [6.45, 7) is 5.29. The first-order valence-electron chi connectivity index (χ1n) is 7.29. The summed E-state index contributed by atoms with van der Waals surface area (Å²) in [5, 5.41) is 5.11. The smallest absolute Gasteiger partial charge is 0.251 e. The lowest BCUT2D eigenvalue weighted by Gasteiger charge is -2.31. The molecule has 0 saturated carbocycles. The summed E-state index contributed by atoms with van der Waals surface area (Å²) in [5.41, 5.74) is 5.95. The van der Waals surface area contributed by atoms with Gasteiger partial charge in [-0.15, -0.1) is 0 Å². The zero-order valence-corrected chi connectivity index (χ0v) is 12.1. The average molecular weight is 290 g/mol. The van der Waals surface area contributed by atoms with Crippen molar-refractivity contribution < 1.29 is 9.18 Å². The van der Waals surface area contributed by atoms with Crippen LogP contribution in [0.1, 0.15) is 36.2 Å². The van der Waals surface area contributed by atoms with Crippen LogP contribution < -0.4 is 5.73 Å². The van der Waals surface area contributed by atoms with Gasteiger partial charge in [0.05, 0.1) is 11.6 Å². The van der Waals surface area contributed by atoms with Crippen LogP contribution in [0, 0.1) is 5.82 Å². The van der Waals surface area contributed by atoms with Crippen molar-refractivity contribution in [2.45, 2.75) is 25.8 Å². The third-order valence-corrected chi connectivity index (χ3v) is 4.23. The minimum Gasteiger partial charge on any atom is -0.366 e. The van der Waals surface area contributed by atoms with Crippen LogP contribution in [0.25, 0.3) is 10.9 Å². The molecule has 0 atom stereocenters. The third-order valence-electron chi connectivity index (χ3n) is 4.23. The van der Waals surface area contributed by atoms with E-state index in [1.165, 1.54) is 6.07 Å². The van der Waals surface area contributed by atoms with Gasteiger partial charge in [-0.05, 0) is 31.5 Å². The van der Waals surface area contributed by atoms with Gasteiger partial charge in [0, 0.05) is 24.7 Å². The Morgan fingerprint density at radius 3 is 2.76 bits per heavy atom. The van der Waals surface area contributed by atoms with Crippen molar-refractivity contribution >= 4 is 16.8 Å². The van der Waals surface area contributed by atoms with Crippen molar-refractivity contribution in [1.82, 2.24) is 14.7 Å². The van der Waals surface area contributed by atoms with E-state index in [9.17, 15) is 9.18 Å². The minimum absolute atomic E-state index is 0.148. The van der Waals surface area contributed by atoms with Crippen LogP contribution in [0.2, 0.25) is 0 Å². The molecular weight excluding hydrogens is 271 g/mol. The van der Waals surface area contributed by atoms with E-state index in [1.807, 2.05) is 10.9 Å². The standard InChI is InChI=1S/C15H19FN4O/c1-2-19-5-3-12(4-6-19)20-9-10-7-11(16)8-13(15(17)21)14(10)18-20/h7-9,12H,2-6H2,1H3,(H2,17,21). The van der Waals surface area contributed by atoms with Crippen molar-refractivity contribution in [1.29, 1.82) is 0 Å². The Hall–Kier alpha value is -1.95. The Bertz CT molecular complexity index is 674. The van der Waals surface area contributed by atoms with Gasteiger partial charge in [-0.3, -0.25) is 9.48 Å². The van der Waals surface area contributed by atoms with E-state index in [-0.39, 0.29) is 5.56 Å². The fourth-order valence-electron chi connectivity index (χ4n) is 2.99. The number of nitrogens with two attached hydrogens (primary N) is 1. The average Bonchev–Trinajstić information content (AvgIpc) is 2.90. The summed E-state index contributed by atoms with van der Waals surface area (Å²) in [6, 6.07) is 2.85. The van der Waals surface area contributed by atoms with Gasteiger partial charge in [-0.25, -0.2) is 4.39 Å². The molecule has 6 heteroatoms. The zero-order valence-electron chi connectivity index (χ0n) is 12.1. The van der Waals surface area contributed by atoms with Gasteiger partial charge in [-0.1, -0.05) is 6.92 Å². The van der Waals surface area contributed by atoms with Crippen LogP contribution >= 0.6 is 0 Å². The SMILES string of the molecule is CCN1CCC(n2cc3cc(F)cc(C(N)=O)c3n2)CC1. The predicted molar refractivity (Wildman–Crippen MR) is 78.6 cm³/mol. The summed E-state index contributed by atoms with van der Waals surface area (Å²) in [4.78, 5) is 13.8. The topological polar surface area (TPSA) is 64.2 Å².